The van der Waals surface area contributed by atoms with Crippen LogP contribution < -0.4 is 10.6 Å². The van der Waals surface area contributed by atoms with Crippen molar-refractivity contribution in [2.75, 3.05) is 18.4 Å². The van der Waals surface area contributed by atoms with Crippen LogP contribution in [0.15, 0.2) is 12.4 Å². The number of nitrogens with zero attached hydrogens (tertiary/aromatic N) is 2. The van der Waals surface area contributed by atoms with Crippen LogP contribution in [0.25, 0.3) is 0 Å². The van der Waals surface area contributed by atoms with Crippen molar-refractivity contribution < 1.29 is 0 Å². The lowest BCUT2D eigenvalue weighted by molar-refractivity contribution is 0.660. The third-order valence-corrected chi connectivity index (χ3v) is 2.39. The van der Waals surface area contributed by atoms with E-state index < -0.39 is 0 Å². The standard InChI is InChI=1S/C9H16N4/c1-2-13-7-9(6-11-13)12-8-3-4-10-5-8/h6-8,10,12H,2-5H2,1H3/t8-/m0/s1. The maximum atomic E-state index is 4.21. The Hall–Kier alpha value is -1.03. The van der Waals surface area contributed by atoms with Gasteiger partial charge in [0, 0.05) is 25.3 Å². The fourth-order valence-electron chi connectivity index (χ4n) is 1.62. The molecular formula is C9H16N4. The third-order valence-electron chi connectivity index (χ3n) is 2.39. The average molecular weight is 180 g/mol. The molecule has 0 spiro atoms. The van der Waals surface area contributed by atoms with Gasteiger partial charge in [-0.25, -0.2) is 0 Å². The van der Waals surface area contributed by atoms with E-state index in [4.69, 9.17) is 0 Å². The Labute approximate surface area is 78.3 Å². The first-order valence-electron chi connectivity index (χ1n) is 4.88. The molecule has 72 valence electrons. The van der Waals surface area contributed by atoms with Crippen LogP contribution in [-0.4, -0.2) is 28.9 Å². The van der Waals surface area contributed by atoms with Gasteiger partial charge < -0.3 is 10.6 Å². The topological polar surface area (TPSA) is 41.9 Å². The third kappa shape index (κ3) is 2.01. The van der Waals surface area contributed by atoms with Crippen molar-refractivity contribution in [1.29, 1.82) is 0 Å². The van der Waals surface area contributed by atoms with Gasteiger partial charge in [-0.05, 0) is 19.9 Å². The van der Waals surface area contributed by atoms with Crippen molar-refractivity contribution in [3.63, 3.8) is 0 Å². The lowest BCUT2D eigenvalue weighted by Crippen LogP contribution is -2.21. The van der Waals surface area contributed by atoms with Crippen LogP contribution in [0, 0.1) is 0 Å². The molecule has 0 aromatic carbocycles. The normalized spacial score (nSPS) is 22.1. The van der Waals surface area contributed by atoms with Gasteiger partial charge in [-0.15, -0.1) is 0 Å². The van der Waals surface area contributed by atoms with E-state index in [-0.39, 0.29) is 0 Å². The number of anilines is 1. The molecule has 2 N–H and O–H groups in total. The smallest absolute Gasteiger partial charge is 0.0729 e. The summed E-state index contributed by atoms with van der Waals surface area (Å²) in [6.45, 7) is 5.22. The second-order valence-electron chi connectivity index (χ2n) is 3.42. The van der Waals surface area contributed by atoms with E-state index in [1.54, 1.807) is 0 Å². The van der Waals surface area contributed by atoms with E-state index in [0.717, 1.165) is 25.3 Å². The molecule has 1 aliphatic rings. The molecule has 0 saturated carbocycles. The molecule has 0 radical (unpaired) electrons. The van der Waals surface area contributed by atoms with Crippen LogP contribution >= 0.6 is 0 Å². The molecule has 2 rings (SSSR count). The number of nitrogens with one attached hydrogen (secondary N) is 2. The number of hydrogen-bond acceptors (Lipinski definition) is 3. The summed E-state index contributed by atoms with van der Waals surface area (Å²) in [5.41, 5.74) is 1.13. The Bertz CT molecular complexity index is 262. The largest absolute Gasteiger partial charge is 0.378 e. The summed E-state index contributed by atoms with van der Waals surface area (Å²) in [7, 11) is 0. The summed E-state index contributed by atoms with van der Waals surface area (Å²) in [5, 5.41) is 11.0. The zero-order chi connectivity index (χ0) is 9.10. The summed E-state index contributed by atoms with van der Waals surface area (Å²) in [4.78, 5) is 0. The van der Waals surface area contributed by atoms with Gasteiger partial charge in [0.05, 0.1) is 11.9 Å². The van der Waals surface area contributed by atoms with Gasteiger partial charge >= 0.3 is 0 Å². The highest BCUT2D eigenvalue weighted by Crippen LogP contribution is 2.09. The molecule has 2 heterocycles. The van der Waals surface area contributed by atoms with Crippen molar-refractivity contribution in [3.05, 3.63) is 12.4 Å². The average Bonchev–Trinajstić information content (AvgIpc) is 2.76. The fourth-order valence-corrected chi connectivity index (χ4v) is 1.62. The monoisotopic (exact) mass is 180 g/mol. The summed E-state index contributed by atoms with van der Waals surface area (Å²) in [6, 6.07) is 0.578. The Morgan fingerprint density at radius 2 is 2.69 bits per heavy atom. The number of rotatable bonds is 3. The summed E-state index contributed by atoms with van der Waals surface area (Å²) >= 11 is 0. The van der Waals surface area contributed by atoms with Crippen molar-refractivity contribution in [1.82, 2.24) is 15.1 Å². The Kier molecular flexibility index (Phi) is 2.49. The SMILES string of the molecule is CCn1cc(N[C@H]2CCNC2)cn1. The number of hydrogen-bond donors (Lipinski definition) is 2. The van der Waals surface area contributed by atoms with Crippen molar-refractivity contribution >= 4 is 5.69 Å². The van der Waals surface area contributed by atoms with E-state index in [1.165, 1.54) is 6.42 Å². The van der Waals surface area contributed by atoms with E-state index in [1.807, 2.05) is 10.9 Å². The quantitative estimate of drug-likeness (QED) is 0.718. The van der Waals surface area contributed by atoms with E-state index in [9.17, 15) is 0 Å². The molecule has 1 aromatic heterocycles. The van der Waals surface area contributed by atoms with Gasteiger partial charge in [0.25, 0.3) is 0 Å². The first-order chi connectivity index (χ1) is 6.38. The second kappa shape index (κ2) is 3.79. The fraction of sp³-hybridized carbons (Fsp3) is 0.667. The van der Waals surface area contributed by atoms with Gasteiger partial charge in [-0.2, -0.15) is 5.10 Å². The maximum Gasteiger partial charge on any atom is 0.0729 e. The predicted octanol–water partition coefficient (Wildman–Crippen LogP) is 0.677. The first-order valence-corrected chi connectivity index (χ1v) is 4.88. The molecule has 1 aliphatic heterocycles. The van der Waals surface area contributed by atoms with Crippen LogP contribution in [0.5, 0.6) is 0 Å². The Morgan fingerprint density at radius 1 is 1.77 bits per heavy atom. The molecule has 0 aliphatic carbocycles. The Morgan fingerprint density at radius 3 is 3.31 bits per heavy atom. The second-order valence-corrected chi connectivity index (χ2v) is 3.42. The highest BCUT2D eigenvalue weighted by molar-refractivity contribution is 5.39. The molecule has 0 unspecified atom stereocenters. The molecule has 1 saturated heterocycles. The zero-order valence-corrected chi connectivity index (χ0v) is 7.95. The van der Waals surface area contributed by atoms with Crippen LogP contribution in [0.4, 0.5) is 5.69 Å². The molecule has 0 bridgehead atoms. The molecule has 4 nitrogen and oxygen atoms in total. The first kappa shape index (κ1) is 8.56. The predicted molar refractivity (Wildman–Crippen MR) is 52.8 cm³/mol. The van der Waals surface area contributed by atoms with Gasteiger partial charge in [-0.3, -0.25) is 4.68 Å². The highest BCUT2D eigenvalue weighted by Gasteiger charge is 2.13. The van der Waals surface area contributed by atoms with Crippen LogP contribution in [0.2, 0.25) is 0 Å². The molecule has 1 aromatic rings. The van der Waals surface area contributed by atoms with E-state index in [0.29, 0.717) is 6.04 Å². The molecule has 13 heavy (non-hydrogen) atoms. The summed E-state index contributed by atoms with van der Waals surface area (Å²) in [5.74, 6) is 0. The minimum Gasteiger partial charge on any atom is -0.378 e. The molecular weight excluding hydrogens is 164 g/mol. The molecule has 0 amide bonds. The summed E-state index contributed by atoms with van der Waals surface area (Å²) < 4.78 is 1.94. The minimum absolute atomic E-state index is 0.578. The number of aryl methyl sites for hydroxylation is 1. The van der Waals surface area contributed by atoms with Crippen molar-refractivity contribution in [2.24, 2.45) is 0 Å². The molecule has 1 atom stereocenters. The van der Waals surface area contributed by atoms with Crippen LogP contribution in [-0.2, 0) is 6.54 Å². The van der Waals surface area contributed by atoms with Gasteiger partial charge in [0.1, 0.15) is 0 Å². The molecule has 4 heteroatoms. The van der Waals surface area contributed by atoms with Crippen LogP contribution in [0.1, 0.15) is 13.3 Å². The van der Waals surface area contributed by atoms with Gasteiger partial charge in [0.2, 0.25) is 0 Å². The Balaban J connectivity index is 1.92. The van der Waals surface area contributed by atoms with E-state index >= 15 is 0 Å². The highest BCUT2D eigenvalue weighted by atomic mass is 15.3. The minimum atomic E-state index is 0.578. The van der Waals surface area contributed by atoms with Crippen molar-refractivity contribution in [2.45, 2.75) is 25.9 Å². The summed E-state index contributed by atoms with van der Waals surface area (Å²) in [6.07, 6.45) is 5.15. The van der Waals surface area contributed by atoms with Crippen molar-refractivity contribution in [3.8, 4) is 0 Å². The molecule has 1 fully saturated rings. The number of aromatic nitrogens is 2. The lowest BCUT2D eigenvalue weighted by atomic mass is 10.2. The van der Waals surface area contributed by atoms with E-state index in [2.05, 4.69) is 28.9 Å². The van der Waals surface area contributed by atoms with Gasteiger partial charge in [-0.1, -0.05) is 0 Å². The maximum absolute atomic E-state index is 4.21. The van der Waals surface area contributed by atoms with Gasteiger partial charge in [0.15, 0.2) is 0 Å². The lowest BCUT2D eigenvalue weighted by Gasteiger charge is -2.09. The van der Waals surface area contributed by atoms with Crippen LogP contribution in [0.3, 0.4) is 0 Å². The zero-order valence-electron chi connectivity index (χ0n) is 7.95.